The Morgan fingerprint density at radius 2 is 1.93 bits per heavy atom. The molecule has 2 saturated heterocycles. The number of unbranched alkanes of at least 4 members (excludes halogenated alkanes) is 3. The van der Waals surface area contributed by atoms with Gasteiger partial charge in [-0.3, -0.25) is 14.5 Å². The highest BCUT2D eigenvalue weighted by atomic mass is 32.1. The van der Waals surface area contributed by atoms with Gasteiger partial charge in [0, 0.05) is 37.5 Å². The molecule has 1 aromatic rings. The van der Waals surface area contributed by atoms with E-state index < -0.39 is 0 Å². The molecule has 0 spiro atoms. The zero-order valence-electron chi connectivity index (χ0n) is 18.7. The van der Waals surface area contributed by atoms with Crippen LogP contribution in [0.4, 0.5) is 0 Å². The Bertz CT molecular complexity index is 684. The van der Waals surface area contributed by atoms with Crippen molar-refractivity contribution in [3.63, 3.8) is 0 Å². The number of aryl methyl sites for hydroxylation is 1. The van der Waals surface area contributed by atoms with Crippen molar-refractivity contribution in [3.05, 3.63) is 16.1 Å². The summed E-state index contributed by atoms with van der Waals surface area (Å²) in [5, 5.41) is 6.34. The van der Waals surface area contributed by atoms with Crippen LogP contribution >= 0.6 is 11.3 Å². The molecule has 1 atom stereocenters. The summed E-state index contributed by atoms with van der Waals surface area (Å²) in [6.45, 7) is 9.17. The Kier molecular flexibility index (Phi) is 9.12. The second-order valence-electron chi connectivity index (χ2n) is 8.88. The summed E-state index contributed by atoms with van der Waals surface area (Å²) in [6.07, 6.45) is 8.30. The van der Waals surface area contributed by atoms with E-state index in [0.717, 1.165) is 75.5 Å². The van der Waals surface area contributed by atoms with E-state index in [0.29, 0.717) is 6.54 Å². The van der Waals surface area contributed by atoms with Gasteiger partial charge in [-0.05, 0) is 52.1 Å². The lowest BCUT2D eigenvalue weighted by atomic mass is 9.92. The molecule has 2 aliphatic rings. The van der Waals surface area contributed by atoms with Gasteiger partial charge in [0.15, 0.2) is 0 Å². The highest BCUT2D eigenvalue weighted by Crippen LogP contribution is 2.25. The number of nitrogens with zero attached hydrogens (tertiary/aromatic N) is 3. The molecule has 0 saturated carbocycles. The molecule has 2 aliphatic heterocycles. The number of likely N-dealkylation sites (tertiary alicyclic amines) is 2. The average Bonchev–Trinajstić information content (AvgIpc) is 3.18. The predicted octanol–water partition coefficient (Wildman–Crippen LogP) is 3.60. The molecule has 0 aliphatic carbocycles. The lowest BCUT2D eigenvalue weighted by Crippen LogP contribution is -2.49. The van der Waals surface area contributed by atoms with Crippen LogP contribution in [-0.4, -0.2) is 59.3 Å². The first-order chi connectivity index (χ1) is 14.6. The van der Waals surface area contributed by atoms with E-state index in [1.54, 1.807) is 11.3 Å². The molecule has 1 unspecified atom stereocenters. The van der Waals surface area contributed by atoms with Crippen molar-refractivity contribution in [2.24, 2.45) is 11.8 Å². The van der Waals surface area contributed by atoms with Crippen LogP contribution in [0.25, 0.3) is 0 Å². The third-order valence-electron chi connectivity index (χ3n) is 6.42. The number of aromatic nitrogens is 1. The quantitative estimate of drug-likeness (QED) is 0.603. The van der Waals surface area contributed by atoms with Gasteiger partial charge >= 0.3 is 0 Å². The molecule has 0 aromatic carbocycles. The lowest BCUT2D eigenvalue weighted by Gasteiger charge is -2.37. The van der Waals surface area contributed by atoms with Crippen LogP contribution in [0.3, 0.4) is 0 Å². The van der Waals surface area contributed by atoms with Crippen LogP contribution in [0.1, 0.15) is 69.0 Å². The summed E-state index contributed by atoms with van der Waals surface area (Å²) in [7, 11) is 0. The average molecular weight is 435 g/mol. The van der Waals surface area contributed by atoms with Crippen LogP contribution in [0.15, 0.2) is 5.38 Å². The van der Waals surface area contributed by atoms with Gasteiger partial charge in [0.25, 0.3) is 0 Å². The molecule has 168 valence electrons. The minimum absolute atomic E-state index is 0.0399. The summed E-state index contributed by atoms with van der Waals surface area (Å²) < 4.78 is 0. The van der Waals surface area contributed by atoms with Gasteiger partial charge in [-0.15, -0.1) is 11.3 Å². The van der Waals surface area contributed by atoms with Crippen molar-refractivity contribution in [2.75, 3.05) is 32.7 Å². The SMILES string of the molecule is CCCCCCNC(=O)C1CCCN(C(=O)C2CCN(Cc3csc(C)n3)CC2)C1. The summed E-state index contributed by atoms with van der Waals surface area (Å²) in [5.41, 5.74) is 1.14. The molecule has 0 bridgehead atoms. The van der Waals surface area contributed by atoms with E-state index in [9.17, 15) is 9.59 Å². The van der Waals surface area contributed by atoms with Gasteiger partial charge in [0.1, 0.15) is 0 Å². The van der Waals surface area contributed by atoms with Crippen molar-refractivity contribution in [1.29, 1.82) is 0 Å². The van der Waals surface area contributed by atoms with Crippen molar-refractivity contribution in [2.45, 2.75) is 71.8 Å². The van der Waals surface area contributed by atoms with Gasteiger partial charge in [-0.25, -0.2) is 4.98 Å². The molecule has 2 amide bonds. The Morgan fingerprint density at radius 3 is 2.63 bits per heavy atom. The number of hydrogen-bond donors (Lipinski definition) is 1. The Morgan fingerprint density at radius 1 is 1.13 bits per heavy atom. The third kappa shape index (κ3) is 6.77. The summed E-state index contributed by atoms with van der Waals surface area (Å²) >= 11 is 1.70. The van der Waals surface area contributed by atoms with Crippen LogP contribution in [0.2, 0.25) is 0 Å². The van der Waals surface area contributed by atoms with E-state index >= 15 is 0 Å². The smallest absolute Gasteiger partial charge is 0.225 e. The first-order valence-corrected chi connectivity index (χ1v) is 12.6. The second kappa shape index (κ2) is 11.8. The Labute approximate surface area is 185 Å². The summed E-state index contributed by atoms with van der Waals surface area (Å²) in [6, 6.07) is 0. The standard InChI is InChI=1S/C23H38N4O2S/c1-3-4-5-6-11-24-22(28)20-8-7-12-27(15-20)23(29)19-9-13-26(14-10-19)16-21-17-30-18(2)25-21/h17,19-20H,3-16H2,1-2H3,(H,24,28). The molecule has 3 rings (SSSR count). The monoisotopic (exact) mass is 434 g/mol. The molecule has 1 aromatic heterocycles. The van der Waals surface area contributed by atoms with Gasteiger partial charge in [-0.2, -0.15) is 0 Å². The number of rotatable bonds is 9. The normalized spacial score (nSPS) is 21.0. The molecule has 1 N–H and O–H groups in total. The molecular formula is C23H38N4O2S. The fourth-order valence-electron chi connectivity index (χ4n) is 4.61. The van der Waals surface area contributed by atoms with E-state index in [-0.39, 0.29) is 23.7 Å². The Hall–Kier alpha value is -1.47. The number of carbonyl (C=O) groups is 2. The number of nitrogens with one attached hydrogen (secondary N) is 1. The maximum absolute atomic E-state index is 13.1. The second-order valence-corrected chi connectivity index (χ2v) is 9.95. The molecule has 6 nitrogen and oxygen atoms in total. The van der Waals surface area contributed by atoms with E-state index in [1.165, 1.54) is 19.3 Å². The van der Waals surface area contributed by atoms with Crippen molar-refractivity contribution in [3.8, 4) is 0 Å². The maximum Gasteiger partial charge on any atom is 0.225 e. The third-order valence-corrected chi connectivity index (χ3v) is 7.24. The largest absolute Gasteiger partial charge is 0.356 e. The highest BCUT2D eigenvalue weighted by molar-refractivity contribution is 7.09. The van der Waals surface area contributed by atoms with Crippen LogP contribution in [-0.2, 0) is 16.1 Å². The molecule has 0 radical (unpaired) electrons. The summed E-state index contributed by atoms with van der Waals surface area (Å²) in [5.74, 6) is 0.466. The van der Waals surface area contributed by atoms with Crippen LogP contribution < -0.4 is 5.32 Å². The molecular weight excluding hydrogens is 396 g/mol. The number of thiazole rings is 1. The fraction of sp³-hybridized carbons (Fsp3) is 0.783. The van der Waals surface area contributed by atoms with Gasteiger partial charge in [0.2, 0.25) is 11.8 Å². The van der Waals surface area contributed by atoms with Crippen LogP contribution in [0, 0.1) is 18.8 Å². The molecule has 30 heavy (non-hydrogen) atoms. The van der Waals surface area contributed by atoms with Crippen molar-refractivity contribution < 1.29 is 9.59 Å². The van der Waals surface area contributed by atoms with E-state index in [1.807, 2.05) is 11.8 Å². The Balaban J connectivity index is 1.40. The van der Waals surface area contributed by atoms with Crippen molar-refractivity contribution in [1.82, 2.24) is 20.1 Å². The molecule has 7 heteroatoms. The lowest BCUT2D eigenvalue weighted by molar-refractivity contribution is -0.140. The van der Waals surface area contributed by atoms with Gasteiger partial charge < -0.3 is 10.2 Å². The molecule has 3 heterocycles. The van der Waals surface area contributed by atoms with Crippen molar-refractivity contribution >= 4 is 23.2 Å². The first-order valence-electron chi connectivity index (χ1n) is 11.8. The molecule has 2 fully saturated rings. The topological polar surface area (TPSA) is 65.5 Å². The maximum atomic E-state index is 13.1. The highest BCUT2D eigenvalue weighted by Gasteiger charge is 2.33. The van der Waals surface area contributed by atoms with E-state index in [4.69, 9.17) is 0 Å². The van der Waals surface area contributed by atoms with Crippen LogP contribution in [0.5, 0.6) is 0 Å². The number of amides is 2. The fourth-order valence-corrected chi connectivity index (χ4v) is 5.21. The summed E-state index contributed by atoms with van der Waals surface area (Å²) in [4.78, 5) is 34.5. The minimum atomic E-state index is -0.0399. The van der Waals surface area contributed by atoms with Gasteiger partial charge in [-0.1, -0.05) is 26.2 Å². The van der Waals surface area contributed by atoms with Gasteiger partial charge in [0.05, 0.1) is 16.6 Å². The zero-order chi connectivity index (χ0) is 21.3. The number of hydrogen-bond acceptors (Lipinski definition) is 5. The minimum Gasteiger partial charge on any atom is -0.356 e. The number of carbonyl (C=O) groups excluding carboxylic acids is 2. The first kappa shape index (κ1) is 23.2. The number of piperidine rings is 2. The zero-order valence-corrected chi connectivity index (χ0v) is 19.5. The van der Waals surface area contributed by atoms with E-state index in [2.05, 4.69) is 27.5 Å². The predicted molar refractivity (Wildman–Crippen MR) is 121 cm³/mol.